The zero-order chi connectivity index (χ0) is 19.7. The van der Waals surface area contributed by atoms with Gasteiger partial charge in [-0.3, -0.25) is 23.9 Å². The Kier molecular flexibility index (Phi) is 5.31. The van der Waals surface area contributed by atoms with Crippen molar-refractivity contribution in [2.75, 3.05) is 53.9 Å². The van der Waals surface area contributed by atoms with E-state index >= 15 is 0 Å². The highest BCUT2D eigenvalue weighted by molar-refractivity contribution is 5.82. The Balaban J connectivity index is 1.64. The van der Waals surface area contributed by atoms with Gasteiger partial charge in [0.25, 0.3) is 0 Å². The number of piperazine rings is 1. The third-order valence-electron chi connectivity index (χ3n) is 4.96. The zero-order valence-electron chi connectivity index (χ0n) is 15.9. The summed E-state index contributed by atoms with van der Waals surface area (Å²) < 4.78 is 2.65. The van der Waals surface area contributed by atoms with Gasteiger partial charge in [-0.15, -0.1) is 0 Å². The predicted molar refractivity (Wildman–Crippen MR) is 94.7 cm³/mol. The molecule has 0 N–H and O–H groups in total. The van der Waals surface area contributed by atoms with Crippen molar-refractivity contribution >= 4 is 17.7 Å². The summed E-state index contributed by atoms with van der Waals surface area (Å²) in [5.41, 5.74) is -0.336. The number of carbonyl (C=O) groups is 3. The Labute approximate surface area is 156 Å². The van der Waals surface area contributed by atoms with Crippen LogP contribution in [-0.4, -0.2) is 106 Å². The molecule has 3 heterocycles. The number of aromatic nitrogens is 3. The molecule has 1 saturated heterocycles. The molecule has 0 spiro atoms. The zero-order valence-corrected chi connectivity index (χ0v) is 15.9. The van der Waals surface area contributed by atoms with Gasteiger partial charge >= 0.3 is 5.69 Å². The largest absolute Gasteiger partial charge is 0.347 e. The Bertz CT molecular complexity index is 812. The van der Waals surface area contributed by atoms with Crippen LogP contribution in [0.4, 0.5) is 0 Å². The standard InChI is InChI=1S/C16H25N7O4/c1-18(2)13(24)11-23-16(27)22-7-6-21(8-12(22)17-23)15(26)10-20-5-4-19(3)14(25)9-20/h4-11H2,1-3H3. The van der Waals surface area contributed by atoms with Crippen molar-refractivity contribution in [3.05, 3.63) is 16.3 Å². The number of likely N-dealkylation sites (N-methyl/N-ethyl adjacent to an activating group) is 2. The van der Waals surface area contributed by atoms with E-state index in [-0.39, 0.29) is 49.6 Å². The highest BCUT2D eigenvalue weighted by Crippen LogP contribution is 2.10. The van der Waals surface area contributed by atoms with Gasteiger partial charge in [0.2, 0.25) is 17.7 Å². The molecule has 0 radical (unpaired) electrons. The van der Waals surface area contributed by atoms with Crippen LogP contribution in [0.2, 0.25) is 0 Å². The summed E-state index contributed by atoms with van der Waals surface area (Å²) in [5.74, 6) is 0.164. The lowest BCUT2D eigenvalue weighted by Gasteiger charge is -2.33. The maximum atomic E-state index is 12.6. The van der Waals surface area contributed by atoms with Gasteiger partial charge in [-0.25, -0.2) is 9.48 Å². The molecular formula is C16H25N7O4. The molecule has 1 fully saturated rings. The number of nitrogens with zero attached hydrogens (tertiary/aromatic N) is 7. The van der Waals surface area contributed by atoms with Gasteiger partial charge < -0.3 is 14.7 Å². The van der Waals surface area contributed by atoms with E-state index in [9.17, 15) is 19.2 Å². The first-order chi connectivity index (χ1) is 12.8. The highest BCUT2D eigenvalue weighted by atomic mass is 16.2. The van der Waals surface area contributed by atoms with Crippen molar-refractivity contribution in [1.29, 1.82) is 0 Å². The fourth-order valence-electron chi connectivity index (χ4n) is 3.12. The lowest BCUT2D eigenvalue weighted by molar-refractivity contribution is -0.139. The van der Waals surface area contributed by atoms with Crippen LogP contribution in [0.3, 0.4) is 0 Å². The molecule has 0 atom stereocenters. The van der Waals surface area contributed by atoms with Gasteiger partial charge in [0.05, 0.1) is 19.6 Å². The highest BCUT2D eigenvalue weighted by Gasteiger charge is 2.28. The van der Waals surface area contributed by atoms with Crippen LogP contribution in [0.15, 0.2) is 4.79 Å². The maximum absolute atomic E-state index is 12.6. The third-order valence-corrected chi connectivity index (χ3v) is 4.96. The Morgan fingerprint density at radius 1 is 1.04 bits per heavy atom. The lowest BCUT2D eigenvalue weighted by atomic mass is 10.3. The first kappa shape index (κ1) is 19.1. The first-order valence-corrected chi connectivity index (χ1v) is 8.87. The summed E-state index contributed by atoms with van der Waals surface area (Å²) in [6, 6.07) is 0. The number of hydrogen-bond acceptors (Lipinski definition) is 6. The average Bonchev–Trinajstić information content (AvgIpc) is 2.93. The molecule has 27 heavy (non-hydrogen) atoms. The molecule has 11 nitrogen and oxygen atoms in total. The Morgan fingerprint density at radius 2 is 1.78 bits per heavy atom. The van der Waals surface area contributed by atoms with Crippen LogP contribution in [-0.2, 0) is 34.0 Å². The van der Waals surface area contributed by atoms with Crippen LogP contribution in [0, 0.1) is 0 Å². The van der Waals surface area contributed by atoms with E-state index in [0.29, 0.717) is 32.0 Å². The number of hydrogen-bond donors (Lipinski definition) is 0. The van der Waals surface area contributed by atoms with Crippen molar-refractivity contribution in [3.8, 4) is 0 Å². The normalized spacial score (nSPS) is 17.8. The minimum absolute atomic E-state index is 0.00540. The van der Waals surface area contributed by atoms with Crippen molar-refractivity contribution in [1.82, 2.24) is 33.9 Å². The van der Waals surface area contributed by atoms with Crippen molar-refractivity contribution in [2.24, 2.45) is 0 Å². The van der Waals surface area contributed by atoms with Gasteiger partial charge in [0.1, 0.15) is 6.54 Å². The van der Waals surface area contributed by atoms with Gasteiger partial charge in [-0.2, -0.15) is 5.10 Å². The van der Waals surface area contributed by atoms with Crippen LogP contribution >= 0.6 is 0 Å². The number of rotatable bonds is 4. The first-order valence-electron chi connectivity index (χ1n) is 8.87. The smallest absolute Gasteiger partial charge is 0.346 e. The SMILES string of the molecule is CN(C)C(=O)Cn1nc2n(c1=O)CCN(C(=O)CN1CCN(C)C(=O)C1)C2. The van der Waals surface area contributed by atoms with Crippen LogP contribution in [0.25, 0.3) is 0 Å². The van der Waals surface area contributed by atoms with E-state index in [1.807, 2.05) is 4.90 Å². The lowest BCUT2D eigenvalue weighted by Crippen LogP contribution is -2.52. The molecule has 148 valence electrons. The summed E-state index contributed by atoms with van der Waals surface area (Å²) in [7, 11) is 4.99. The van der Waals surface area contributed by atoms with E-state index in [1.54, 1.807) is 30.9 Å². The van der Waals surface area contributed by atoms with Gasteiger partial charge in [0.15, 0.2) is 5.82 Å². The van der Waals surface area contributed by atoms with Crippen LogP contribution < -0.4 is 5.69 Å². The number of fused-ring (bicyclic) bond motifs is 1. The van der Waals surface area contributed by atoms with E-state index in [0.717, 1.165) is 4.68 Å². The van der Waals surface area contributed by atoms with Gasteiger partial charge in [0, 0.05) is 47.3 Å². The molecule has 2 aliphatic heterocycles. The molecule has 2 aliphatic rings. The fraction of sp³-hybridized carbons (Fsp3) is 0.688. The van der Waals surface area contributed by atoms with Crippen molar-refractivity contribution in [3.63, 3.8) is 0 Å². The molecule has 0 aliphatic carbocycles. The molecule has 0 unspecified atom stereocenters. The molecule has 3 amide bonds. The fourth-order valence-corrected chi connectivity index (χ4v) is 3.12. The quantitative estimate of drug-likeness (QED) is 0.562. The molecule has 1 aromatic heterocycles. The molecular weight excluding hydrogens is 354 g/mol. The summed E-state index contributed by atoms with van der Waals surface area (Å²) in [6.45, 7) is 2.52. The van der Waals surface area contributed by atoms with Crippen LogP contribution in [0.5, 0.6) is 0 Å². The van der Waals surface area contributed by atoms with E-state index < -0.39 is 0 Å². The van der Waals surface area contributed by atoms with Gasteiger partial charge in [-0.05, 0) is 0 Å². The van der Waals surface area contributed by atoms with Crippen molar-refractivity contribution in [2.45, 2.75) is 19.6 Å². The van der Waals surface area contributed by atoms with Crippen LogP contribution in [0.1, 0.15) is 5.82 Å². The maximum Gasteiger partial charge on any atom is 0.346 e. The second kappa shape index (κ2) is 7.51. The molecule has 3 rings (SSSR count). The second-order valence-corrected chi connectivity index (χ2v) is 7.14. The molecule has 0 saturated carbocycles. The summed E-state index contributed by atoms with van der Waals surface area (Å²) in [5, 5.41) is 4.23. The van der Waals surface area contributed by atoms with E-state index in [4.69, 9.17) is 0 Å². The molecule has 11 heteroatoms. The Morgan fingerprint density at radius 3 is 2.44 bits per heavy atom. The Hall–Kier alpha value is -2.69. The summed E-state index contributed by atoms with van der Waals surface area (Å²) in [6.07, 6.45) is 0. The molecule has 1 aromatic rings. The van der Waals surface area contributed by atoms with E-state index in [2.05, 4.69) is 5.10 Å². The molecule has 0 aromatic carbocycles. The van der Waals surface area contributed by atoms with Gasteiger partial charge in [-0.1, -0.05) is 0 Å². The topological polar surface area (TPSA) is 104 Å². The summed E-state index contributed by atoms with van der Waals surface area (Å²) in [4.78, 5) is 55.1. The third kappa shape index (κ3) is 4.02. The number of carbonyl (C=O) groups excluding carboxylic acids is 3. The number of amides is 3. The minimum atomic E-state index is -0.336. The predicted octanol–water partition coefficient (Wildman–Crippen LogP) is -2.75. The summed E-state index contributed by atoms with van der Waals surface area (Å²) >= 11 is 0. The van der Waals surface area contributed by atoms with Crippen molar-refractivity contribution < 1.29 is 14.4 Å². The van der Waals surface area contributed by atoms with E-state index in [1.165, 1.54) is 9.47 Å². The second-order valence-electron chi connectivity index (χ2n) is 7.14. The minimum Gasteiger partial charge on any atom is -0.347 e. The monoisotopic (exact) mass is 379 g/mol. The molecule has 0 bridgehead atoms. The average molecular weight is 379 g/mol.